The second-order valence-electron chi connectivity index (χ2n) is 4.51. The molecule has 1 fully saturated rings. The summed E-state index contributed by atoms with van der Waals surface area (Å²) in [5.74, 6) is 0.501. The Hall–Kier alpha value is -1.42. The van der Waals surface area contributed by atoms with Gasteiger partial charge in [0.05, 0.1) is 4.92 Å². The summed E-state index contributed by atoms with van der Waals surface area (Å²) in [6, 6.07) is 4.89. The molecule has 1 aliphatic carbocycles. The molecule has 0 heterocycles. The van der Waals surface area contributed by atoms with Crippen LogP contribution in [0.5, 0.6) is 0 Å². The Labute approximate surface area is 94.6 Å². The van der Waals surface area contributed by atoms with Gasteiger partial charge in [0.15, 0.2) is 0 Å². The average Bonchev–Trinajstić information content (AvgIpc) is 2.15. The van der Waals surface area contributed by atoms with E-state index in [-0.39, 0.29) is 16.7 Å². The van der Waals surface area contributed by atoms with E-state index in [1.165, 1.54) is 12.5 Å². The van der Waals surface area contributed by atoms with Gasteiger partial charge in [-0.25, -0.2) is 0 Å². The topological polar surface area (TPSA) is 69.2 Å². The molecular formula is C12H16N2O2. The first-order valence-corrected chi connectivity index (χ1v) is 5.60. The number of nitrogens with zero attached hydrogens (tertiary/aromatic N) is 1. The van der Waals surface area contributed by atoms with Crippen LogP contribution < -0.4 is 5.73 Å². The van der Waals surface area contributed by atoms with Gasteiger partial charge in [-0.05, 0) is 36.8 Å². The number of nitrogens with two attached hydrogens (primary N) is 1. The minimum Gasteiger partial charge on any atom is -0.324 e. The Bertz CT molecular complexity index is 413. The predicted octanol–water partition coefficient (Wildman–Crippen LogP) is 2.70. The maximum absolute atomic E-state index is 10.7. The highest BCUT2D eigenvalue weighted by atomic mass is 16.6. The first-order valence-electron chi connectivity index (χ1n) is 5.60. The molecule has 0 spiro atoms. The number of benzene rings is 1. The smallest absolute Gasteiger partial charge is 0.269 e. The standard InChI is InChI=1S/C12H16N2O2/c1-8-5-6-10(14(15)16)7-11(8)12(13)9-3-2-4-9/h5-7,9,12H,2-4,13H2,1H3. The molecule has 1 aromatic rings. The first kappa shape index (κ1) is 11.1. The molecule has 1 aromatic carbocycles. The lowest BCUT2D eigenvalue weighted by atomic mass is 9.77. The molecule has 1 saturated carbocycles. The van der Waals surface area contributed by atoms with Crippen LogP contribution in [-0.4, -0.2) is 4.92 Å². The van der Waals surface area contributed by atoms with Crippen molar-refractivity contribution in [1.29, 1.82) is 0 Å². The SMILES string of the molecule is Cc1ccc([N+](=O)[O-])cc1C(N)C1CCC1. The van der Waals surface area contributed by atoms with Crippen molar-refractivity contribution in [3.63, 3.8) is 0 Å². The number of nitro groups is 1. The molecule has 1 aliphatic rings. The van der Waals surface area contributed by atoms with Gasteiger partial charge in [-0.3, -0.25) is 10.1 Å². The normalized spacial score (nSPS) is 17.9. The van der Waals surface area contributed by atoms with Crippen molar-refractivity contribution in [3.05, 3.63) is 39.4 Å². The highest BCUT2D eigenvalue weighted by Gasteiger charge is 2.27. The van der Waals surface area contributed by atoms with Crippen molar-refractivity contribution in [2.75, 3.05) is 0 Å². The van der Waals surface area contributed by atoms with Crippen LogP contribution in [0.2, 0.25) is 0 Å². The molecule has 0 saturated heterocycles. The summed E-state index contributed by atoms with van der Waals surface area (Å²) in [5, 5.41) is 10.7. The summed E-state index contributed by atoms with van der Waals surface area (Å²) in [5.41, 5.74) is 8.26. The van der Waals surface area contributed by atoms with E-state index in [4.69, 9.17) is 5.73 Å². The summed E-state index contributed by atoms with van der Waals surface area (Å²) in [6.45, 7) is 1.96. The number of nitro benzene ring substituents is 1. The minimum atomic E-state index is -0.365. The largest absolute Gasteiger partial charge is 0.324 e. The lowest BCUT2D eigenvalue weighted by Crippen LogP contribution is -2.27. The molecule has 4 heteroatoms. The highest BCUT2D eigenvalue weighted by molar-refractivity contribution is 5.41. The van der Waals surface area contributed by atoms with Crippen LogP contribution in [0.3, 0.4) is 0 Å². The summed E-state index contributed by atoms with van der Waals surface area (Å²) in [4.78, 5) is 10.3. The number of aryl methyl sites for hydroxylation is 1. The quantitative estimate of drug-likeness (QED) is 0.629. The van der Waals surface area contributed by atoms with Gasteiger partial charge in [0.25, 0.3) is 5.69 Å². The van der Waals surface area contributed by atoms with Crippen molar-refractivity contribution in [2.24, 2.45) is 11.7 Å². The van der Waals surface area contributed by atoms with E-state index in [2.05, 4.69) is 0 Å². The van der Waals surface area contributed by atoms with E-state index < -0.39 is 0 Å². The Balaban J connectivity index is 2.30. The molecule has 1 atom stereocenters. The highest BCUT2D eigenvalue weighted by Crippen LogP contribution is 2.37. The predicted molar refractivity (Wildman–Crippen MR) is 62.1 cm³/mol. The van der Waals surface area contributed by atoms with Gasteiger partial charge in [-0.1, -0.05) is 12.5 Å². The summed E-state index contributed by atoms with van der Waals surface area (Å²) < 4.78 is 0. The molecule has 86 valence electrons. The van der Waals surface area contributed by atoms with E-state index in [1.807, 2.05) is 6.92 Å². The van der Waals surface area contributed by atoms with Gasteiger partial charge in [0, 0.05) is 18.2 Å². The zero-order valence-corrected chi connectivity index (χ0v) is 9.35. The molecule has 2 N–H and O–H groups in total. The average molecular weight is 220 g/mol. The summed E-state index contributed by atoms with van der Waals surface area (Å²) in [6.07, 6.45) is 3.51. The maximum atomic E-state index is 10.7. The summed E-state index contributed by atoms with van der Waals surface area (Å²) in [7, 11) is 0. The molecule has 0 amide bonds. The zero-order valence-electron chi connectivity index (χ0n) is 9.35. The molecule has 0 aromatic heterocycles. The van der Waals surface area contributed by atoms with E-state index in [0.29, 0.717) is 5.92 Å². The molecule has 16 heavy (non-hydrogen) atoms. The molecule has 1 unspecified atom stereocenters. The maximum Gasteiger partial charge on any atom is 0.269 e. The zero-order chi connectivity index (χ0) is 11.7. The Morgan fingerprint density at radius 1 is 1.50 bits per heavy atom. The lowest BCUT2D eigenvalue weighted by Gasteiger charge is -2.32. The van der Waals surface area contributed by atoms with Gasteiger partial charge in [-0.2, -0.15) is 0 Å². The van der Waals surface area contributed by atoms with E-state index in [1.54, 1.807) is 12.1 Å². The Kier molecular flexibility index (Phi) is 2.92. The molecule has 4 nitrogen and oxygen atoms in total. The van der Waals surface area contributed by atoms with Crippen molar-refractivity contribution in [2.45, 2.75) is 32.2 Å². The van der Waals surface area contributed by atoms with Crippen molar-refractivity contribution in [3.8, 4) is 0 Å². The third-order valence-electron chi connectivity index (χ3n) is 3.49. The van der Waals surface area contributed by atoms with Gasteiger partial charge < -0.3 is 5.73 Å². The fourth-order valence-electron chi connectivity index (χ4n) is 2.15. The van der Waals surface area contributed by atoms with Crippen LogP contribution >= 0.6 is 0 Å². The van der Waals surface area contributed by atoms with Crippen LogP contribution in [0.25, 0.3) is 0 Å². The first-order chi connectivity index (χ1) is 7.59. The van der Waals surface area contributed by atoms with E-state index >= 15 is 0 Å². The van der Waals surface area contributed by atoms with Crippen molar-refractivity contribution >= 4 is 5.69 Å². The van der Waals surface area contributed by atoms with Crippen molar-refractivity contribution < 1.29 is 4.92 Å². The lowest BCUT2D eigenvalue weighted by molar-refractivity contribution is -0.385. The van der Waals surface area contributed by atoms with E-state index in [0.717, 1.165) is 24.0 Å². The van der Waals surface area contributed by atoms with Gasteiger partial charge in [-0.15, -0.1) is 0 Å². The third-order valence-corrected chi connectivity index (χ3v) is 3.49. The summed E-state index contributed by atoms with van der Waals surface area (Å²) >= 11 is 0. The second-order valence-corrected chi connectivity index (χ2v) is 4.51. The molecular weight excluding hydrogens is 204 g/mol. The monoisotopic (exact) mass is 220 g/mol. The third kappa shape index (κ3) is 1.93. The number of hydrogen-bond acceptors (Lipinski definition) is 3. The number of non-ortho nitro benzene ring substituents is 1. The number of hydrogen-bond donors (Lipinski definition) is 1. The molecule has 2 rings (SSSR count). The van der Waals surface area contributed by atoms with Gasteiger partial charge in [0.1, 0.15) is 0 Å². The van der Waals surface area contributed by atoms with E-state index in [9.17, 15) is 10.1 Å². The molecule has 0 radical (unpaired) electrons. The minimum absolute atomic E-state index is 0.0475. The molecule has 0 bridgehead atoms. The van der Waals surface area contributed by atoms with Gasteiger partial charge >= 0.3 is 0 Å². The Morgan fingerprint density at radius 2 is 2.19 bits per heavy atom. The Morgan fingerprint density at radius 3 is 2.69 bits per heavy atom. The van der Waals surface area contributed by atoms with Gasteiger partial charge in [0.2, 0.25) is 0 Å². The number of rotatable bonds is 3. The van der Waals surface area contributed by atoms with Crippen molar-refractivity contribution in [1.82, 2.24) is 0 Å². The van der Waals surface area contributed by atoms with Crippen LogP contribution in [0.1, 0.15) is 36.4 Å². The van der Waals surface area contributed by atoms with Crippen LogP contribution in [-0.2, 0) is 0 Å². The van der Waals surface area contributed by atoms with Crippen LogP contribution in [0, 0.1) is 23.0 Å². The fourth-order valence-corrected chi connectivity index (χ4v) is 2.15. The second kappa shape index (κ2) is 4.22. The fraction of sp³-hybridized carbons (Fsp3) is 0.500. The van der Waals surface area contributed by atoms with Crippen LogP contribution in [0.15, 0.2) is 18.2 Å². The molecule has 0 aliphatic heterocycles. The van der Waals surface area contributed by atoms with Crippen LogP contribution in [0.4, 0.5) is 5.69 Å².